The fourth-order valence-corrected chi connectivity index (χ4v) is 1.48. The third-order valence-corrected chi connectivity index (χ3v) is 2.40. The van der Waals surface area contributed by atoms with Gasteiger partial charge in [-0.05, 0) is 30.5 Å². The number of aryl methyl sites for hydroxylation is 1. The first kappa shape index (κ1) is 9.90. The van der Waals surface area contributed by atoms with Crippen molar-refractivity contribution in [1.82, 2.24) is 15.0 Å². The van der Waals surface area contributed by atoms with E-state index in [0.717, 1.165) is 17.2 Å². The maximum absolute atomic E-state index is 4.31. The molecule has 0 saturated heterocycles. The van der Waals surface area contributed by atoms with Gasteiger partial charge in [0.05, 0.1) is 0 Å². The molecule has 3 nitrogen and oxygen atoms in total. The minimum Gasteiger partial charge on any atom is -0.341 e. The van der Waals surface area contributed by atoms with Gasteiger partial charge in [-0.15, -0.1) is 0 Å². The number of nitrogens with one attached hydrogen (secondary N) is 1. The van der Waals surface area contributed by atoms with Gasteiger partial charge in [-0.2, -0.15) is 0 Å². The van der Waals surface area contributed by atoms with E-state index in [-0.39, 0.29) is 0 Å². The Kier molecular flexibility index (Phi) is 2.54. The number of imidazole rings is 1. The standard InChI is InChI=1S/C12H15N3/c1-8(2)10-4-5-13-11(6-10)12-14-7-9(3)15-12/h4-8H,1-3H3,(H,14,15). The molecule has 0 unspecified atom stereocenters. The molecule has 0 aromatic carbocycles. The van der Waals surface area contributed by atoms with Crippen LogP contribution in [-0.4, -0.2) is 15.0 Å². The lowest BCUT2D eigenvalue weighted by Gasteiger charge is -2.05. The third kappa shape index (κ3) is 2.06. The van der Waals surface area contributed by atoms with Crippen LogP contribution in [0.3, 0.4) is 0 Å². The molecule has 2 aromatic rings. The van der Waals surface area contributed by atoms with Gasteiger partial charge in [0.15, 0.2) is 5.82 Å². The average molecular weight is 201 g/mol. The molecule has 0 fully saturated rings. The molecule has 0 saturated carbocycles. The smallest absolute Gasteiger partial charge is 0.156 e. The number of aromatic amines is 1. The second-order valence-electron chi connectivity index (χ2n) is 4.04. The van der Waals surface area contributed by atoms with Gasteiger partial charge < -0.3 is 4.98 Å². The highest BCUT2D eigenvalue weighted by Gasteiger charge is 2.05. The summed E-state index contributed by atoms with van der Waals surface area (Å²) in [6.07, 6.45) is 3.65. The van der Waals surface area contributed by atoms with E-state index in [2.05, 4.69) is 34.9 Å². The summed E-state index contributed by atoms with van der Waals surface area (Å²) in [5.41, 5.74) is 3.25. The van der Waals surface area contributed by atoms with E-state index >= 15 is 0 Å². The molecule has 2 aromatic heterocycles. The first-order valence-corrected chi connectivity index (χ1v) is 5.15. The second kappa shape index (κ2) is 3.85. The zero-order chi connectivity index (χ0) is 10.8. The fourth-order valence-electron chi connectivity index (χ4n) is 1.48. The minimum absolute atomic E-state index is 0.516. The molecule has 1 N–H and O–H groups in total. The van der Waals surface area contributed by atoms with E-state index in [4.69, 9.17) is 0 Å². The molecule has 0 bridgehead atoms. The van der Waals surface area contributed by atoms with Crippen LogP contribution in [0.2, 0.25) is 0 Å². The van der Waals surface area contributed by atoms with Gasteiger partial charge in [-0.25, -0.2) is 4.98 Å². The van der Waals surface area contributed by atoms with E-state index in [1.165, 1.54) is 5.56 Å². The highest BCUT2D eigenvalue weighted by Crippen LogP contribution is 2.19. The molecule has 0 spiro atoms. The van der Waals surface area contributed by atoms with E-state index in [1.54, 1.807) is 0 Å². The molecule has 2 rings (SSSR count). The normalized spacial score (nSPS) is 10.9. The Morgan fingerprint density at radius 2 is 2.07 bits per heavy atom. The van der Waals surface area contributed by atoms with Crippen molar-refractivity contribution >= 4 is 0 Å². The van der Waals surface area contributed by atoms with Crippen LogP contribution in [-0.2, 0) is 0 Å². The SMILES string of the molecule is Cc1cnc(-c2cc(C(C)C)ccn2)[nH]1. The predicted molar refractivity (Wildman–Crippen MR) is 60.6 cm³/mol. The number of H-pyrrole nitrogens is 1. The molecule has 3 heteroatoms. The lowest BCUT2D eigenvalue weighted by atomic mass is 10.0. The molecule has 2 heterocycles. The van der Waals surface area contributed by atoms with Crippen LogP contribution in [0.1, 0.15) is 31.0 Å². The Labute approximate surface area is 89.6 Å². The van der Waals surface area contributed by atoms with Gasteiger partial charge in [0.25, 0.3) is 0 Å². The molecular formula is C12H15N3. The van der Waals surface area contributed by atoms with E-state index < -0.39 is 0 Å². The van der Waals surface area contributed by atoms with Crippen LogP contribution >= 0.6 is 0 Å². The van der Waals surface area contributed by atoms with Gasteiger partial charge in [0, 0.05) is 18.1 Å². The summed E-state index contributed by atoms with van der Waals surface area (Å²) < 4.78 is 0. The van der Waals surface area contributed by atoms with Crippen LogP contribution in [0.25, 0.3) is 11.5 Å². The second-order valence-corrected chi connectivity index (χ2v) is 4.04. The summed E-state index contributed by atoms with van der Waals surface area (Å²) in [6.45, 7) is 6.34. The Bertz CT molecular complexity index is 457. The van der Waals surface area contributed by atoms with Crippen molar-refractivity contribution in [2.75, 3.05) is 0 Å². The molecule has 0 radical (unpaired) electrons. The Hall–Kier alpha value is -1.64. The van der Waals surface area contributed by atoms with E-state index in [0.29, 0.717) is 5.92 Å². The lowest BCUT2D eigenvalue weighted by Crippen LogP contribution is -1.91. The van der Waals surface area contributed by atoms with Crippen molar-refractivity contribution in [3.8, 4) is 11.5 Å². The number of hydrogen-bond donors (Lipinski definition) is 1. The monoisotopic (exact) mass is 201 g/mol. The quantitative estimate of drug-likeness (QED) is 0.811. The largest absolute Gasteiger partial charge is 0.341 e. The molecule has 0 aliphatic heterocycles. The fraction of sp³-hybridized carbons (Fsp3) is 0.333. The van der Waals surface area contributed by atoms with Gasteiger partial charge in [0.1, 0.15) is 5.69 Å². The number of rotatable bonds is 2. The average Bonchev–Trinajstić information content (AvgIpc) is 2.65. The first-order chi connectivity index (χ1) is 7.16. The van der Waals surface area contributed by atoms with Crippen molar-refractivity contribution in [1.29, 1.82) is 0 Å². The zero-order valence-corrected chi connectivity index (χ0v) is 9.28. The molecular weight excluding hydrogens is 186 g/mol. The maximum Gasteiger partial charge on any atom is 0.156 e. The topological polar surface area (TPSA) is 41.6 Å². The first-order valence-electron chi connectivity index (χ1n) is 5.15. The predicted octanol–water partition coefficient (Wildman–Crippen LogP) is 2.90. The van der Waals surface area contributed by atoms with Gasteiger partial charge in [-0.3, -0.25) is 4.98 Å². The van der Waals surface area contributed by atoms with E-state index in [1.807, 2.05) is 25.4 Å². The zero-order valence-electron chi connectivity index (χ0n) is 9.28. The molecule has 0 amide bonds. The number of pyridine rings is 1. The van der Waals surface area contributed by atoms with Crippen LogP contribution in [0.5, 0.6) is 0 Å². The van der Waals surface area contributed by atoms with Crippen molar-refractivity contribution in [2.24, 2.45) is 0 Å². The number of aromatic nitrogens is 3. The van der Waals surface area contributed by atoms with Crippen molar-refractivity contribution in [3.63, 3.8) is 0 Å². The lowest BCUT2D eigenvalue weighted by molar-refractivity contribution is 0.863. The summed E-state index contributed by atoms with van der Waals surface area (Å²) in [5, 5.41) is 0. The Balaban J connectivity index is 2.41. The minimum atomic E-state index is 0.516. The van der Waals surface area contributed by atoms with Crippen LogP contribution in [0, 0.1) is 6.92 Å². The highest BCUT2D eigenvalue weighted by atomic mass is 14.9. The molecule has 0 aliphatic rings. The molecule has 0 atom stereocenters. The summed E-state index contributed by atoms with van der Waals surface area (Å²) in [4.78, 5) is 11.8. The summed E-state index contributed by atoms with van der Waals surface area (Å²) >= 11 is 0. The number of nitrogens with zero attached hydrogens (tertiary/aromatic N) is 2. The van der Waals surface area contributed by atoms with E-state index in [9.17, 15) is 0 Å². The third-order valence-electron chi connectivity index (χ3n) is 2.40. The van der Waals surface area contributed by atoms with Crippen LogP contribution in [0.4, 0.5) is 0 Å². The number of hydrogen-bond acceptors (Lipinski definition) is 2. The van der Waals surface area contributed by atoms with Crippen LogP contribution < -0.4 is 0 Å². The molecule has 15 heavy (non-hydrogen) atoms. The van der Waals surface area contributed by atoms with Gasteiger partial charge >= 0.3 is 0 Å². The van der Waals surface area contributed by atoms with Crippen LogP contribution in [0.15, 0.2) is 24.5 Å². The highest BCUT2D eigenvalue weighted by molar-refractivity contribution is 5.50. The molecule has 0 aliphatic carbocycles. The summed E-state index contributed by atoms with van der Waals surface area (Å²) in [7, 11) is 0. The maximum atomic E-state index is 4.31. The van der Waals surface area contributed by atoms with Crippen molar-refractivity contribution < 1.29 is 0 Å². The summed E-state index contributed by atoms with van der Waals surface area (Å²) in [6, 6.07) is 4.13. The Morgan fingerprint density at radius 3 is 2.67 bits per heavy atom. The summed E-state index contributed by atoms with van der Waals surface area (Å²) in [5.74, 6) is 1.36. The Morgan fingerprint density at radius 1 is 1.27 bits per heavy atom. The molecule has 78 valence electrons. The van der Waals surface area contributed by atoms with Crippen molar-refractivity contribution in [3.05, 3.63) is 35.8 Å². The van der Waals surface area contributed by atoms with Crippen molar-refractivity contribution in [2.45, 2.75) is 26.7 Å². The van der Waals surface area contributed by atoms with Gasteiger partial charge in [-0.1, -0.05) is 13.8 Å². The van der Waals surface area contributed by atoms with Gasteiger partial charge in [0.2, 0.25) is 0 Å².